The lowest BCUT2D eigenvalue weighted by atomic mass is 10.1. The molecule has 1 saturated heterocycles. The molecule has 1 heterocycles. The Morgan fingerprint density at radius 3 is 2.76 bits per heavy atom. The zero-order valence-corrected chi connectivity index (χ0v) is 9.60. The Hall–Kier alpha value is -1.58. The van der Waals surface area contributed by atoms with Crippen molar-refractivity contribution in [2.75, 3.05) is 11.4 Å². The van der Waals surface area contributed by atoms with Gasteiger partial charge in [-0.25, -0.2) is 4.39 Å². The highest BCUT2D eigenvalue weighted by atomic mass is 19.1. The zero-order valence-electron chi connectivity index (χ0n) is 9.60. The number of rotatable bonds is 4. The van der Waals surface area contributed by atoms with E-state index in [2.05, 4.69) is 4.90 Å². The third-order valence-corrected chi connectivity index (χ3v) is 3.23. The van der Waals surface area contributed by atoms with Crippen molar-refractivity contribution in [2.45, 2.75) is 31.7 Å². The van der Waals surface area contributed by atoms with Gasteiger partial charge < -0.3 is 10.0 Å². The van der Waals surface area contributed by atoms with Gasteiger partial charge in [0.25, 0.3) is 0 Å². The lowest BCUT2D eigenvalue weighted by Crippen LogP contribution is -2.29. The van der Waals surface area contributed by atoms with E-state index < -0.39 is 5.97 Å². The Morgan fingerprint density at radius 2 is 2.12 bits per heavy atom. The van der Waals surface area contributed by atoms with E-state index in [1.54, 1.807) is 12.1 Å². The summed E-state index contributed by atoms with van der Waals surface area (Å²) in [7, 11) is 0. The molecule has 1 aromatic carbocycles. The molecule has 1 aliphatic heterocycles. The van der Waals surface area contributed by atoms with E-state index in [1.807, 2.05) is 0 Å². The summed E-state index contributed by atoms with van der Waals surface area (Å²) in [5, 5.41) is 8.70. The number of hydrogen-bond acceptors (Lipinski definition) is 2. The quantitative estimate of drug-likeness (QED) is 0.875. The molecule has 0 saturated carbocycles. The monoisotopic (exact) mass is 237 g/mol. The molecular weight excluding hydrogens is 221 g/mol. The minimum absolute atomic E-state index is 0.197. The predicted octanol–water partition coefficient (Wildman–Crippen LogP) is 2.66. The minimum atomic E-state index is -0.754. The molecule has 0 aliphatic carbocycles. The first-order valence-electron chi connectivity index (χ1n) is 5.91. The number of carboxylic acid groups (broad SMARTS) is 1. The number of nitrogens with zero attached hydrogens (tertiary/aromatic N) is 1. The summed E-state index contributed by atoms with van der Waals surface area (Å²) in [6.45, 7) is 0.927. The van der Waals surface area contributed by atoms with Crippen molar-refractivity contribution in [3.63, 3.8) is 0 Å². The van der Waals surface area contributed by atoms with Crippen LogP contribution in [0.4, 0.5) is 10.1 Å². The van der Waals surface area contributed by atoms with Crippen LogP contribution in [0.1, 0.15) is 25.7 Å². The van der Waals surface area contributed by atoms with Gasteiger partial charge in [0.15, 0.2) is 0 Å². The van der Waals surface area contributed by atoms with Crippen molar-refractivity contribution in [1.29, 1.82) is 0 Å². The van der Waals surface area contributed by atoms with Gasteiger partial charge in [0.05, 0.1) is 0 Å². The molecule has 1 atom stereocenters. The van der Waals surface area contributed by atoms with Crippen LogP contribution < -0.4 is 4.90 Å². The van der Waals surface area contributed by atoms with Gasteiger partial charge >= 0.3 is 5.97 Å². The molecular formula is C13H16FNO2. The maximum Gasteiger partial charge on any atom is 0.303 e. The van der Waals surface area contributed by atoms with E-state index in [0.717, 1.165) is 25.1 Å². The summed E-state index contributed by atoms with van der Waals surface area (Å²) in [5.41, 5.74) is 0.985. The van der Waals surface area contributed by atoms with Gasteiger partial charge in [-0.2, -0.15) is 0 Å². The molecule has 1 fully saturated rings. The maximum atomic E-state index is 12.8. The van der Waals surface area contributed by atoms with Crippen LogP contribution in [0.25, 0.3) is 0 Å². The SMILES string of the molecule is O=C(O)CCC1CCCN1c1ccc(F)cc1. The number of anilines is 1. The highest BCUT2D eigenvalue weighted by Crippen LogP contribution is 2.28. The second kappa shape index (κ2) is 5.17. The molecule has 1 N–H and O–H groups in total. The maximum absolute atomic E-state index is 12.8. The van der Waals surface area contributed by atoms with Crippen LogP contribution in [0.2, 0.25) is 0 Å². The fourth-order valence-electron chi connectivity index (χ4n) is 2.40. The van der Waals surface area contributed by atoms with Crippen LogP contribution in [-0.2, 0) is 4.79 Å². The second-order valence-electron chi connectivity index (χ2n) is 4.40. The number of aliphatic carboxylic acids is 1. The zero-order chi connectivity index (χ0) is 12.3. The molecule has 1 aliphatic rings. The molecule has 1 unspecified atom stereocenters. The van der Waals surface area contributed by atoms with Crippen molar-refractivity contribution < 1.29 is 14.3 Å². The fourth-order valence-corrected chi connectivity index (χ4v) is 2.40. The first kappa shape index (κ1) is 11.9. The summed E-state index contributed by atoms with van der Waals surface area (Å²) in [5.74, 6) is -0.994. The smallest absolute Gasteiger partial charge is 0.303 e. The number of benzene rings is 1. The van der Waals surface area contributed by atoms with E-state index >= 15 is 0 Å². The van der Waals surface area contributed by atoms with Crippen LogP contribution in [-0.4, -0.2) is 23.7 Å². The minimum Gasteiger partial charge on any atom is -0.481 e. The largest absolute Gasteiger partial charge is 0.481 e. The van der Waals surface area contributed by atoms with Crippen LogP contribution in [0.5, 0.6) is 0 Å². The summed E-state index contributed by atoms with van der Waals surface area (Å²) in [6, 6.07) is 6.68. The molecule has 0 amide bonds. The summed E-state index contributed by atoms with van der Waals surface area (Å²) in [6.07, 6.45) is 2.95. The van der Waals surface area contributed by atoms with E-state index in [1.165, 1.54) is 12.1 Å². The third kappa shape index (κ3) is 2.96. The molecule has 0 spiro atoms. The molecule has 3 nitrogen and oxygen atoms in total. The lowest BCUT2D eigenvalue weighted by Gasteiger charge is -2.26. The predicted molar refractivity (Wildman–Crippen MR) is 63.6 cm³/mol. The first-order valence-corrected chi connectivity index (χ1v) is 5.91. The molecule has 4 heteroatoms. The standard InChI is InChI=1S/C13H16FNO2/c14-10-3-5-12(6-4-10)15-9-1-2-11(15)7-8-13(16)17/h3-6,11H,1-2,7-9H2,(H,16,17). The molecule has 0 aromatic heterocycles. The van der Waals surface area contributed by atoms with Crippen molar-refractivity contribution in [3.05, 3.63) is 30.1 Å². The van der Waals surface area contributed by atoms with Gasteiger partial charge in [0, 0.05) is 24.7 Å². The number of hydrogen-bond donors (Lipinski definition) is 1. The summed E-state index contributed by atoms with van der Waals surface area (Å²) < 4.78 is 12.8. The normalized spacial score (nSPS) is 19.6. The average Bonchev–Trinajstić information content (AvgIpc) is 2.75. The van der Waals surface area contributed by atoms with Crippen molar-refractivity contribution in [1.82, 2.24) is 0 Å². The van der Waals surface area contributed by atoms with Gasteiger partial charge in [-0.1, -0.05) is 0 Å². The van der Waals surface area contributed by atoms with Gasteiger partial charge in [-0.15, -0.1) is 0 Å². The number of carbonyl (C=O) groups is 1. The third-order valence-electron chi connectivity index (χ3n) is 3.23. The number of carboxylic acids is 1. The highest BCUT2D eigenvalue weighted by Gasteiger charge is 2.24. The van der Waals surface area contributed by atoms with Crippen LogP contribution in [0, 0.1) is 5.82 Å². The van der Waals surface area contributed by atoms with E-state index in [-0.39, 0.29) is 18.3 Å². The average molecular weight is 237 g/mol. The van der Waals surface area contributed by atoms with E-state index in [0.29, 0.717) is 6.42 Å². The Morgan fingerprint density at radius 1 is 1.41 bits per heavy atom. The summed E-state index contributed by atoms with van der Waals surface area (Å²) in [4.78, 5) is 12.8. The van der Waals surface area contributed by atoms with Crippen molar-refractivity contribution in [2.24, 2.45) is 0 Å². The Balaban J connectivity index is 2.03. The van der Waals surface area contributed by atoms with Crippen LogP contribution >= 0.6 is 0 Å². The van der Waals surface area contributed by atoms with E-state index in [9.17, 15) is 9.18 Å². The first-order chi connectivity index (χ1) is 8.16. The molecule has 0 bridgehead atoms. The fraction of sp³-hybridized carbons (Fsp3) is 0.462. The van der Waals surface area contributed by atoms with Crippen LogP contribution in [0.3, 0.4) is 0 Å². The molecule has 0 radical (unpaired) electrons. The Labute approximate surface area is 99.9 Å². The van der Waals surface area contributed by atoms with Crippen molar-refractivity contribution >= 4 is 11.7 Å². The Bertz CT molecular complexity index is 391. The van der Waals surface area contributed by atoms with Gasteiger partial charge in [0.1, 0.15) is 5.82 Å². The molecule has 17 heavy (non-hydrogen) atoms. The van der Waals surface area contributed by atoms with Gasteiger partial charge in [0.2, 0.25) is 0 Å². The topological polar surface area (TPSA) is 40.5 Å². The Kier molecular flexibility index (Phi) is 3.61. The van der Waals surface area contributed by atoms with Crippen LogP contribution in [0.15, 0.2) is 24.3 Å². The lowest BCUT2D eigenvalue weighted by molar-refractivity contribution is -0.137. The van der Waals surface area contributed by atoms with Gasteiger partial charge in [-0.05, 0) is 43.5 Å². The molecule has 1 aromatic rings. The molecule has 92 valence electrons. The molecule has 2 rings (SSSR count). The van der Waals surface area contributed by atoms with Gasteiger partial charge in [-0.3, -0.25) is 4.79 Å². The second-order valence-corrected chi connectivity index (χ2v) is 4.40. The van der Waals surface area contributed by atoms with Crippen molar-refractivity contribution in [3.8, 4) is 0 Å². The highest BCUT2D eigenvalue weighted by molar-refractivity contribution is 5.66. The summed E-state index contributed by atoms with van der Waals surface area (Å²) >= 11 is 0. The number of halogens is 1. The van der Waals surface area contributed by atoms with E-state index in [4.69, 9.17) is 5.11 Å².